The second-order valence-electron chi connectivity index (χ2n) is 7.65. The van der Waals surface area contributed by atoms with E-state index in [9.17, 15) is 29.4 Å². The van der Waals surface area contributed by atoms with Gasteiger partial charge < -0.3 is 14.9 Å². The van der Waals surface area contributed by atoms with Crippen LogP contribution in [0.5, 0.6) is 11.5 Å². The Morgan fingerprint density at radius 1 is 0.939 bits per heavy atom. The zero-order valence-electron chi connectivity index (χ0n) is 18.1. The molecule has 3 rings (SSSR count). The average Bonchev–Trinajstić information content (AvgIpc) is 2.79. The molecule has 0 spiro atoms. The van der Waals surface area contributed by atoms with E-state index in [0.717, 1.165) is 35.9 Å². The van der Waals surface area contributed by atoms with Gasteiger partial charge in [-0.05, 0) is 38.1 Å². The van der Waals surface area contributed by atoms with Crippen molar-refractivity contribution >= 4 is 23.3 Å². The van der Waals surface area contributed by atoms with Crippen molar-refractivity contribution in [2.45, 2.75) is 26.4 Å². The molecule has 0 saturated carbocycles. The Morgan fingerprint density at radius 2 is 1.58 bits per heavy atom. The number of fused-ring (bicyclic) bond motifs is 1. The molecule has 2 aromatic rings. The van der Waals surface area contributed by atoms with Crippen LogP contribution in [0.25, 0.3) is 0 Å². The zero-order chi connectivity index (χ0) is 24.1. The van der Waals surface area contributed by atoms with Crippen molar-refractivity contribution in [3.05, 3.63) is 94.6 Å². The number of phenols is 2. The molecule has 2 aromatic carbocycles. The summed E-state index contributed by atoms with van der Waals surface area (Å²) in [7, 11) is 0. The predicted octanol–water partition coefficient (Wildman–Crippen LogP) is 4.11. The molecule has 7 heteroatoms. The van der Waals surface area contributed by atoms with Crippen LogP contribution in [0.15, 0.2) is 77.9 Å². The fourth-order valence-electron chi connectivity index (χ4n) is 3.33. The standard InChI is InChI=1S/C26H22O7/c1-15(2)8-12-22(33-23(31)13-11-18(27)16-6-4-3-5-7-16)17-14-21(30)24-19(28)9-10-20(29)25(24)26(17)32/h3-11,13-14,22,28-29H,12H2,1-2H3/b13-11-/t22-/m1/s1. The van der Waals surface area contributed by atoms with Gasteiger partial charge >= 0.3 is 5.97 Å². The summed E-state index contributed by atoms with van der Waals surface area (Å²) in [5.74, 6) is -3.60. The van der Waals surface area contributed by atoms with Crippen molar-refractivity contribution in [1.82, 2.24) is 0 Å². The number of Topliss-reactive ketones (excluding diaryl/α,β-unsaturated/α-hetero) is 1. The van der Waals surface area contributed by atoms with Crippen molar-refractivity contribution in [3.8, 4) is 11.5 Å². The Kier molecular flexibility index (Phi) is 7.03. The molecule has 0 unspecified atom stereocenters. The molecular formula is C26H22O7. The molecule has 2 N–H and O–H groups in total. The van der Waals surface area contributed by atoms with Gasteiger partial charge in [0.2, 0.25) is 0 Å². The third-order valence-corrected chi connectivity index (χ3v) is 4.96. The Balaban J connectivity index is 1.88. The minimum absolute atomic E-state index is 0.0916. The van der Waals surface area contributed by atoms with E-state index in [1.807, 2.05) is 13.8 Å². The molecule has 0 radical (unpaired) electrons. The molecule has 0 aliphatic heterocycles. The second kappa shape index (κ2) is 9.91. The largest absolute Gasteiger partial charge is 0.507 e. The molecule has 0 saturated heterocycles. The third kappa shape index (κ3) is 5.33. The van der Waals surface area contributed by atoms with Crippen molar-refractivity contribution in [2.75, 3.05) is 0 Å². The van der Waals surface area contributed by atoms with Gasteiger partial charge in [-0.1, -0.05) is 42.0 Å². The number of allylic oxidation sites excluding steroid dienone is 3. The summed E-state index contributed by atoms with van der Waals surface area (Å²) >= 11 is 0. The molecule has 0 amide bonds. The fourth-order valence-corrected chi connectivity index (χ4v) is 3.33. The number of hydrogen-bond acceptors (Lipinski definition) is 7. The van der Waals surface area contributed by atoms with Crippen molar-refractivity contribution < 1.29 is 34.1 Å². The SMILES string of the molecule is CC(C)=CC[C@@H](OC(=O)/C=C\C(=O)c1ccccc1)C1=CC(=O)c2c(O)ccc(O)c2C1=O. The predicted molar refractivity (Wildman–Crippen MR) is 120 cm³/mol. The van der Waals surface area contributed by atoms with Crippen molar-refractivity contribution in [3.63, 3.8) is 0 Å². The monoisotopic (exact) mass is 446 g/mol. The topological polar surface area (TPSA) is 118 Å². The van der Waals surface area contributed by atoms with Gasteiger partial charge in [0.25, 0.3) is 0 Å². The van der Waals surface area contributed by atoms with E-state index in [-0.39, 0.29) is 23.1 Å². The van der Waals surface area contributed by atoms with E-state index in [2.05, 4.69) is 0 Å². The van der Waals surface area contributed by atoms with Crippen LogP contribution in [0.2, 0.25) is 0 Å². The van der Waals surface area contributed by atoms with E-state index in [1.165, 1.54) is 0 Å². The maximum atomic E-state index is 13.1. The quantitative estimate of drug-likeness (QED) is 0.216. The molecule has 0 aromatic heterocycles. The molecule has 1 aliphatic carbocycles. The van der Waals surface area contributed by atoms with Gasteiger partial charge in [-0.3, -0.25) is 14.4 Å². The van der Waals surface area contributed by atoms with Crippen molar-refractivity contribution in [1.29, 1.82) is 0 Å². The molecule has 33 heavy (non-hydrogen) atoms. The molecule has 0 bridgehead atoms. The first-order valence-corrected chi connectivity index (χ1v) is 10.2. The lowest BCUT2D eigenvalue weighted by atomic mass is 9.85. The van der Waals surface area contributed by atoms with E-state index < -0.39 is 40.9 Å². The number of hydrogen-bond donors (Lipinski definition) is 2. The lowest BCUT2D eigenvalue weighted by Gasteiger charge is -2.23. The molecule has 0 fully saturated rings. The van der Waals surface area contributed by atoms with Crippen LogP contribution in [-0.4, -0.2) is 39.6 Å². The number of aromatic hydroxyl groups is 2. The Hall–Kier alpha value is -4.26. The Morgan fingerprint density at radius 3 is 2.21 bits per heavy atom. The van der Waals surface area contributed by atoms with Gasteiger partial charge in [-0.2, -0.15) is 0 Å². The number of benzene rings is 2. The zero-order valence-corrected chi connectivity index (χ0v) is 18.1. The summed E-state index contributed by atoms with van der Waals surface area (Å²) in [6, 6.07) is 10.6. The number of ether oxygens (including phenoxy) is 1. The van der Waals surface area contributed by atoms with Crippen LogP contribution in [0, 0.1) is 0 Å². The number of carbonyl (C=O) groups excluding carboxylic acids is 4. The Bertz CT molecular complexity index is 1210. The lowest BCUT2D eigenvalue weighted by molar-refractivity contribution is -0.141. The normalized spacial score (nSPS) is 13.8. The average molecular weight is 446 g/mol. The summed E-state index contributed by atoms with van der Waals surface area (Å²) in [4.78, 5) is 50.3. The Labute approximate surface area is 190 Å². The maximum Gasteiger partial charge on any atom is 0.331 e. The highest BCUT2D eigenvalue weighted by Gasteiger charge is 2.35. The van der Waals surface area contributed by atoms with E-state index in [0.29, 0.717) is 5.56 Å². The van der Waals surface area contributed by atoms with Gasteiger partial charge in [0.1, 0.15) is 17.6 Å². The molecule has 0 heterocycles. The number of carbonyl (C=O) groups is 4. The first kappa shape index (κ1) is 23.4. The maximum absolute atomic E-state index is 13.1. The molecular weight excluding hydrogens is 424 g/mol. The van der Waals surface area contributed by atoms with Gasteiger partial charge in [0, 0.05) is 23.6 Å². The number of phenolic OH excluding ortho intramolecular Hbond substituents is 2. The van der Waals surface area contributed by atoms with Crippen LogP contribution >= 0.6 is 0 Å². The summed E-state index contributed by atoms with van der Waals surface area (Å²) < 4.78 is 5.42. The van der Waals surface area contributed by atoms with Gasteiger partial charge in [0.05, 0.1) is 11.1 Å². The first-order valence-electron chi connectivity index (χ1n) is 10.2. The lowest BCUT2D eigenvalue weighted by Crippen LogP contribution is -2.28. The second-order valence-corrected chi connectivity index (χ2v) is 7.65. The molecule has 168 valence electrons. The van der Waals surface area contributed by atoms with Crippen LogP contribution in [-0.2, 0) is 9.53 Å². The van der Waals surface area contributed by atoms with E-state index in [4.69, 9.17) is 4.74 Å². The van der Waals surface area contributed by atoms with Crippen molar-refractivity contribution in [2.24, 2.45) is 0 Å². The van der Waals surface area contributed by atoms with E-state index in [1.54, 1.807) is 36.4 Å². The fraction of sp³-hybridized carbons (Fsp3) is 0.154. The van der Waals surface area contributed by atoms with E-state index >= 15 is 0 Å². The van der Waals surface area contributed by atoms with Crippen LogP contribution in [0.1, 0.15) is 51.3 Å². The number of rotatable bonds is 7. The first-order chi connectivity index (χ1) is 15.7. The summed E-state index contributed by atoms with van der Waals surface area (Å²) in [6.45, 7) is 3.64. The summed E-state index contributed by atoms with van der Waals surface area (Å²) in [5.41, 5.74) is 0.504. The minimum atomic E-state index is -1.14. The van der Waals surface area contributed by atoms with Crippen LogP contribution < -0.4 is 0 Å². The van der Waals surface area contributed by atoms with Gasteiger partial charge in [-0.15, -0.1) is 0 Å². The highest BCUT2D eigenvalue weighted by atomic mass is 16.5. The number of ketones is 3. The summed E-state index contributed by atoms with van der Waals surface area (Å²) in [6.07, 6.45) is 3.70. The summed E-state index contributed by atoms with van der Waals surface area (Å²) in [5, 5.41) is 20.1. The highest BCUT2D eigenvalue weighted by Crippen LogP contribution is 2.36. The smallest absolute Gasteiger partial charge is 0.331 e. The van der Waals surface area contributed by atoms with Gasteiger partial charge in [-0.25, -0.2) is 4.79 Å². The number of esters is 1. The van der Waals surface area contributed by atoms with Crippen LogP contribution in [0.4, 0.5) is 0 Å². The van der Waals surface area contributed by atoms with Gasteiger partial charge in [0.15, 0.2) is 17.3 Å². The molecule has 7 nitrogen and oxygen atoms in total. The third-order valence-electron chi connectivity index (χ3n) is 4.96. The minimum Gasteiger partial charge on any atom is -0.507 e. The molecule has 1 aliphatic rings. The highest BCUT2D eigenvalue weighted by molar-refractivity contribution is 6.27. The van der Waals surface area contributed by atoms with Crippen LogP contribution in [0.3, 0.4) is 0 Å². The molecule has 1 atom stereocenters.